The van der Waals surface area contributed by atoms with Gasteiger partial charge in [0, 0.05) is 33.2 Å². The van der Waals surface area contributed by atoms with Gasteiger partial charge < -0.3 is 9.47 Å². The number of hydrogen-bond donors (Lipinski definition) is 0. The second-order valence-electron chi connectivity index (χ2n) is 6.42. The maximum absolute atomic E-state index is 13.2. The van der Waals surface area contributed by atoms with Crippen molar-refractivity contribution in [2.24, 2.45) is 7.05 Å². The largest absolute Gasteiger partial charge is 0.417 e. The predicted octanol–water partition coefficient (Wildman–Crippen LogP) is 3.50. The first-order valence-electron chi connectivity index (χ1n) is 8.41. The first-order chi connectivity index (χ1) is 13.4. The van der Waals surface area contributed by atoms with E-state index >= 15 is 0 Å². The van der Waals surface area contributed by atoms with Crippen LogP contribution in [0, 0.1) is 0 Å². The Labute approximate surface area is 175 Å². The first kappa shape index (κ1) is 21.9. The van der Waals surface area contributed by atoms with E-state index in [1.54, 1.807) is 7.05 Å². The van der Waals surface area contributed by atoms with E-state index in [0.717, 1.165) is 22.5 Å². The van der Waals surface area contributed by atoms with E-state index in [9.17, 15) is 26.4 Å². The van der Waals surface area contributed by atoms with Gasteiger partial charge in [-0.1, -0.05) is 35.3 Å². The third-order valence-corrected chi connectivity index (χ3v) is 7.47. The molecule has 1 fully saturated rings. The van der Waals surface area contributed by atoms with Crippen LogP contribution in [0.1, 0.15) is 16.1 Å². The van der Waals surface area contributed by atoms with Gasteiger partial charge in [-0.25, -0.2) is 8.42 Å². The third kappa shape index (κ3) is 4.11. The van der Waals surface area contributed by atoms with Crippen LogP contribution in [0.15, 0.2) is 35.2 Å². The standard InChI is InChI=1S/C17H16Cl2F3N3O3S/c1-23-13(10-12(18)15(23)19)16(26)24-6-8-25(9-7-24)29(27,28)14-5-3-2-4-11(14)17(20,21)22/h2-5,10H,6-9H2,1H3. The fraction of sp³-hybridized carbons (Fsp3) is 0.353. The zero-order valence-corrected chi connectivity index (χ0v) is 17.4. The molecule has 29 heavy (non-hydrogen) atoms. The van der Waals surface area contributed by atoms with Crippen molar-refractivity contribution in [3.8, 4) is 0 Å². The van der Waals surface area contributed by atoms with Crippen LogP contribution < -0.4 is 0 Å². The Hall–Kier alpha value is -1.75. The molecule has 0 saturated carbocycles. The molecule has 1 aromatic heterocycles. The van der Waals surface area contributed by atoms with Crippen LogP contribution in [-0.4, -0.2) is 54.3 Å². The molecule has 1 saturated heterocycles. The van der Waals surface area contributed by atoms with Crippen LogP contribution in [0.25, 0.3) is 0 Å². The zero-order chi connectivity index (χ0) is 21.6. The normalized spacial score (nSPS) is 16.3. The molecule has 1 aliphatic rings. The van der Waals surface area contributed by atoms with Crippen LogP contribution in [-0.2, 0) is 23.2 Å². The summed E-state index contributed by atoms with van der Waals surface area (Å²) in [6, 6.07) is 5.45. The minimum Gasteiger partial charge on any atom is -0.335 e. The van der Waals surface area contributed by atoms with Gasteiger partial charge in [-0.05, 0) is 18.2 Å². The lowest BCUT2D eigenvalue weighted by Crippen LogP contribution is -2.51. The van der Waals surface area contributed by atoms with Crippen molar-refractivity contribution in [1.29, 1.82) is 0 Å². The molecule has 0 aliphatic carbocycles. The molecule has 1 amide bonds. The van der Waals surface area contributed by atoms with Crippen molar-refractivity contribution in [2.45, 2.75) is 11.1 Å². The van der Waals surface area contributed by atoms with Crippen LogP contribution in [0.5, 0.6) is 0 Å². The number of halogens is 5. The molecule has 0 spiro atoms. The predicted molar refractivity (Wildman–Crippen MR) is 102 cm³/mol. The quantitative estimate of drug-likeness (QED) is 0.690. The smallest absolute Gasteiger partial charge is 0.335 e. The molecule has 0 unspecified atom stereocenters. The van der Waals surface area contributed by atoms with Crippen molar-refractivity contribution in [3.63, 3.8) is 0 Å². The lowest BCUT2D eigenvalue weighted by atomic mass is 10.2. The van der Waals surface area contributed by atoms with Gasteiger partial charge in [0.05, 0.1) is 15.5 Å². The summed E-state index contributed by atoms with van der Waals surface area (Å²) in [5, 5.41) is 0.405. The highest BCUT2D eigenvalue weighted by atomic mass is 35.5. The summed E-state index contributed by atoms with van der Waals surface area (Å²) < 4.78 is 67.6. The lowest BCUT2D eigenvalue weighted by molar-refractivity contribution is -0.139. The summed E-state index contributed by atoms with van der Waals surface area (Å²) in [7, 11) is -2.81. The minimum absolute atomic E-state index is 0.0205. The number of hydrogen-bond acceptors (Lipinski definition) is 3. The molecule has 3 rings (SSSR count). The summed E-state index contributed by atoms with van der Waals surface area (Å²) in [6.45, 7) is -0.225. The van der Waals surface area contributed by atoms with E-state index in [1.165, 1.54) is 21.6 Å². The van der Waals surface area contributed by atoms with Gasteiger partial charge in [-0.2, -0.15) is 17.5 Å². The number of carbonyl (C=O) groups excluding carboxylic acids is 1. The fourth-order valence-electron chi connectivity index (χ4n) is 3.11. The summed E-state index contributed by atoms with van der Waals surface area (Å²) >= 11 is 11.9. The average Bonchev–Trinajstić information content (AvgIpc) is 2.94. The fourth-order valence-corrected chi connectivity index (χ4v) is 5.12. The second-order valence-corrected chi connectivity index (χ2v) is 9.09. The number of amides is 1. The van der Waals surface area contributed by atoms with Crippen LogP contribution in [0.2, 0.25) is 10.2 Å². The Morgan fingerprint density at radius 1 is 1.07 bits per heavy atom. The van der Waals surface area contributed by atoms with Crippen LogP contribution in [0.4, 0.5) is 13.2 Å². The van der Waals surface area contributed by atoms with E-state index in [-0.39, 0.29) is 42.0 Å². The highest BCUT2D eigenvalue weighted by molar-refractivity contribution is 7.89. The second kappa shape index (κ2) is 7.82. The molecule has 12 heteroatoms. The Kier molecular flexibility index (Phi) is 5.92. The van der Waals surface area contributed by atoms with Gasteiger partial charge in [0.1, 0.15) is 10.8 Å². The summed E-state index contributed by atoms with van der Waals surface area (Å²) in [4.78, 5) is 13.3. The molecule has 0 N–H and O–H groups in total. The number of carbonyl (C=O) groups is 1. The highest BCUT2D eigenvalue weighted by Crippen LogP contribution is 2.35. The topological polar surface area (TPSA) is 62.6 Å². The number of alkyl halides is 3. The molecule has 0 radical (unpaired) electrons. The SMILES string of the molecule is Cn1c(C(=O)N2CCN(S(=O)(=O)c3ccccc3C(F)(F)F)CC2)cc(Cl)c1Cl. The van der Waals surface area contributed by atoms with Crippen molar-refractivity contribution in [1.82, 2.24) is 13.8 Å². The molecular weight excluding hydrogens is 454 g/mol. The van der Waals surface area contributed by atoms with E-state index < -0.39 is 32.6 Å². The van der Waals surface area contributed by atoms with Crippen LogP contribution >= 0.6 is 23.2 Å². The minimum atomic E-state index is -4.80. The van der Waals surface area contributed by atoms with Gasteiger partial charge in [0.25, 0.3) is 5.91 Å². The molecule has 0 bridgehead atoms. The van der Waals surface area contributed by atoms with E-state index in [4.69, 9.17) is 23.2 Å². The van der Waals surface area contributed by atoms with Crippen molar-refractivity contribution in [2.75, 3.05) is 26.2 Å². The monoisotopic (exact) mass is 469 g/mol. The summed E-state index contributed by atoms with van der Waals surface area (Å²) in [5.74, 6) is -0.394. The maximum Gasteiger partial charge on any atom is 0.417 e. The van der Waals surface area contributed by atoms with Crippen molar-refractivity contribution in [3.05, 3.63) is 51.8 Å². The number of aromatic nitrogens is 1. The Morgan fingerprint density at radius 3 is 2.17 bits per heavy atom. The molecule has 1 aromatic carbocycles. The Balaban J connectivity index is 1.79. The van der Waals surface area contributed by atoms with Gasteiger partial charge in [0.15, 0.2) is 0 Å². The van der Waals surface area contributed by atoms with Crippen LogP contribution in [0.3, 0.4) is 0 Å². The molecular formula is C17H16Cl2F3N3O3S. The Morgan fingerprint density at radius 2 is 1.66 bits per heavy atom. The van der Waals surface area contributed by atoms with Gasteiger partial charge in [-0.3, -0.25) is 4.79 Å². The Bertz CT molecular complexity index is 1050. The number of nitrogens with zero attached hydrogens (tertiary/aromatic N) is 3. The lowest BCUT2D eigenvalue weighted by Gasteiger charge is -2.34. The molecule has 2 heterocycles. The molecule has 1 aliphatic heterocycles. The maximum atomic E-state index is 13.2. The summed E-state index contributed by atoms with van der Waals surface area (Å²) in [6.07, 6.45) is -4.80. The molecule has 0 atom stereocenters. The van der Waals surface area contributed by atoms with E-state index in [1.807, 2.05) is 0 Å². The average molecular weight is 470 g/mol. The molecule has 2 aromatic rings. The van der Waals surface area contributed by atoms with Crippen molar-refractivity contribution >= 4 is 39.1 Å². The first-order valence-corrected chi connectivity index (χ1v) is 10.6. The van der Waals surface area contributed by atoms with Gasteiger partial charge in [0.2, 0.25) is 10.0 Å². The van der Waals surface area contributed by atoms with E-state index in [0.29, 0.717) is 0 Å². The number of piperazine rings is 1. The number of rotatable bonds is 3. The molecule has 158 valence electrons. The van der Waals surface area contributed by atoms with Gasteiger partial charge >= 0.3 is 6.18 Å². The van der Waals surface area contributed by atoms with Gasteiger partial charge in [-0.15, -0.1) is 0 Å². The van der Waals surface area contributed by atoms with Crippen molar-refractivity contribution < 1.29 is 26.4 Å². The third-order valence-electron chi connectivity index (χ3n) is 4.67. The zero-order valence-electron chi connectivity index (χ0n) is 15.1. The number of benzene rings is 1. The highest BCUT2D eigenvalue weighted by Gasteiger charge is 2.40. The summed E-state index contributed by atoms with van der Waals surface area (Å²) in [5.41, 5.74) is -0.981. The number of sulfonamides is 1. The van der Waals surface area contributed by atoms with E-state index in [2.05, 4.69) is 0 Å². The molecule has 6 nitrogen and oxygen atoms in total.